The van der Waals surface area contributed by atoms with Crippen LogP contribution in [0.1, 0.15) is 31.4 Å². The summed E-state index contributed by atoms with van der Waals surface area (Å²) in [5.41, 5.74) is 0.542. The quantitative estimate of drug-likeness (QED) is 0.849. The van der Waals surface area contributed by atoms with Crippen LogP contribution in [0.4, 0.5) is 8.78 Å². The Balaban J connectivity index is 2.08. The molecule has 0 saturated heterocycles. The van der Waals surface area contributed by atoms with Crippen molar-refractivity contribution in [3.63, 3.8) is 0 Å². The summed E-state index contributed by atoms with van der Waals surface area (Å²) in [4.78, 5) is 11.1. The Kier molecular flexibility index (Phi) is 3.61. The molecule has 2 N–H and O–H groups in total. The third-order valence-corrected chi connectivity index (χ3v) is 3.23. The molecule has 2 rings (SSSR count). The fraction of sp³-hybridized carbons (Fsp3) is 0.462. The van der Waals surface area contributed by atoms with Crippen molar-refractivity contribution in [2.45, 2.75) is 31.8 Å². The van der Waals surface area contributed by atoms with Crippen LogP contribution in [0.3, 0.4) is 0 Å². The molecule has 0 radical (unpaired) electrons. The minimum Gasteiger partial charge on any atom is -0.480 e. The number of carboxylic acids is 1. The fourth-order valence-corrected chi connectivity index (χ4v) is 1.99. The van der Waals surface area contributed by atoms with Crippen LogP contribution in [0.25, 0.3) is 0 Å². The zero-order chi connectivity index (χ0) is 13.3. The lowest BCUT2D eigenvalue weighted by molar-refractivity contribution is -0.140. The van der Waals surface area contributed by atoms with Crippen molar-refractivity contribution in [3.8, 4) is 0 Å². The standard InChI is InChI=1S/C13H15F2NO2/c1-7(9-4-5-10(14)11(15)6-9)16-12(13(17)18)8-2-3-8/h4-8,12,16H,2-3H2,1H3,(H,17,18). The summed E-state index contributed by atoms with van der Waals surface area (Å²) in [5.74, 6) is -2.57. The fourth-order valence-electron chi connectivity index (χ4n) is 1.99. The summed E-state index contributed by atoms with van der Waals surface area (Å²) in [6.07, 6.45) is 1.79. The first-order valence-corrected chi connectivity index (χ1v) is 5.93. The molecule has 0 bridgehead atoms. The number of aliphatic carboxylic acids is 1. The number of benzene rings is 1. The average Bonchev–Trinajstić information content (AvgIpc) is 3.13. The molecule has 0 aliphatic heterocycles. The highest BCUT2D eigenvalue weighted by Crippen LogP contribution is 2.34. The van der Waals surface area contributed by atoms with Crippen molar-refractivity contribution in [1.82, 2.24) is 5.32 Å². The molecule has 0 spiro atoms. The third kappa shape index (κ3) is 2.85. The first-order valence-electron chi connectivity index (χ1n) is 5.93. The first kappa shape index (κ1) is 13.0. The lowest BCUT2D eigenvalue weighted by Gasteiger charge is -2.20. The van der Waals surface area contributed by atoms with E-state index in [1.165, 1.54) is 6.07 Å². The Morgan fingerprint density at radius 1 is 1.39 bits per heavy atom. The Labute approximate surface area is 104 Å². The van der Waals surface area contributed by atoms with E-state index in [2.05, 4.69) is 5.32 Å². The second kappa shape index (κ2) is 5.02. The molecule has 98 valence electrons. The van der Waals surface area contributed by atoms with Gasteiger partial charge in [-0.1, -0.05) is 6.07 Å². The summed E-state index contributed by atoms with van der Waals surface area (Å²) in [7, 11) is 0. The van der Waals surface area contributed by atoms with Crippen LogP contribution in [-0.4, -0.2) is 17.1 Å². The minimum absolute atomic E-state index is 0.148. The van der Waals surface area contributed by atoms with Crippen LogP contribution in [-0.2, 0) is 4.79 Å². The van der Waals surface area contributed by atoms with E-state index in [0.717, 1.165) is 25.0 Å². The second-order valence-corrected chi connectivity index (χ2v) is 4.72. The van der Waals surface area contributed by atoms with Crippen molar-refractivity contribution in [3.05, 3.63) is 35.4 Å². The predicted octanol–water partition coefficient (Wildman–Crippen LogP) is 2.48. The van der Waals surface area contributed by atoms with E-state index in [9.17, 15) is 13.6 Å². The van der Waals surface area contributed by atoms with Gasteiger partial charge in [-0.25, -0.2) is 8.78 Å². The molecule has 3 nitrogen and oxygen atoms in total. The van der Waals surface area contributed by atoms with E-state index in [-0.39, 0.29) is 12.0 Å². The zero-order valence-electron chi connectivity index (χ0n) is 9.99. The molecule has 0 aromatic heterocycles. The Morgan fingerprint density at radius 3 is 2.56 bits per heavy atom. The molecule has 1 aliphatic rings. The zero-order valence-corrected chi connectivity index (χ0v) is 9.99. The number of nitrogens with one attached hydrogen (secondary N) is 1. The summed E-state index contributed by atoms with van der Waals surface area (Å²) in [5, 5.41) is 12.0. The molecular weight excluding hydrogens is 240 g/mol. The van der Waals surface area contributed by atoms with Gasteiger partial charge in [-0.15, -0.1) is 0 Å². The van der Waals surface area contributed by atoms with Crippen molar-refractivity contribution in [2.24, 2.45) is 5.92 Å². The van der Waals surface area contributed by atoms with Gasteiger partial charge in [0.05, 0.1) is 0 Å². The summed E-state index contributed by atoms with van der Waals surface area (Å²) < 4.78 is 25.9. The molecule has 0 amide bonds. The predicted molar refractivity (Wildman–Crippen MR) is 62.1 cm³/mol. The summed E-state index contributed by atoms with van der Waals surface area (Å²) in [6, 6.07) is 2.66. The summed E-state index contributed by atoms with van der Waals surface area (Å²) in [6.45, 7) is 1.74. The van der Waals surface area contributed by atoms with Gasteiger partial charge in [-0.2, -0.15) is 0 Å². The topological polar surface area (TPSA) is 49.3 Å². The van der Waals surface area contributed by atoms with Gasteiger partial charge in [0.15, 0.2) is 11.6 Å². The van der Waals surface area contributed by atoms with Crippen molar-refractivity contribution in [1.29, 1.82) is 0 Å². The van der Waals surface area contributed by atoms with Crippen molar-refractivity contribution >= 4 is 5.97 Å². The van der Waals surface area contributed by atoms with Gasteiger partial charge < -0.3 is 5.11 Å². The SMILES string of the molecule is CC(NC(C(=O)O)C1CC1)c1ccc(F)c(F)c1. The number of carbonyl (C=O) groups is 1. The molecule has 18 heavy (non-hydrogen) atoms. The van der Waals surface area contributed by atoms with Crippen LogP contribution >= 0.6 is 0 Å². The van der Waals surface area contributed by atoms with Gasteiger partial charge in [0.1, 0.15) is 6.04 Å². The molecular formula is C13H15F2NO2. The Bertz CT molecular complexity index is 460. The van der Waals surface area contributed by atoms with E-state index in [1.54, 1.807) is 6.92 Å². The molecule has 1 aromatic rings. The number of rotatable bonds is 5. The number of halogens is 2. The molecule has 0 heterocycles. The molecule has 5 heteroatoms. The van der Waals surface area contributed by atoms with Crippen LogP contribution in [0, 0.1) is 17.6 Å². The maximum atomic E-state index is 13.1. The highest BCUT2D eigenvalue weighted by atomic mass is 19.2. The summed E-state index contributed by atoms with van der Waals surface area (Å²) >= 11 is 0. The second-order valence-electron chi connectivity index (χ2n) is 4.72. The van der Waals surface area contributed by atoms with Crippen LogP contribution < -0.4 is 5.32 Å². The van der Waals surface area contributed by atoms with E-state index in [1.807, 2.05) is 0 Å². The third-order valence-electron chi connectivity index (χ3n) is 3.23. The highest BCUT2D eigenvalue weighted by molar-refractivity contribution is 5.74. The highest BCUT2D eigenvalue weighted by Gasteiger charge is 2.36. The monoisotopic (exact) mass is 255 g/mol. The molecule has 1 aliphatic carbocycles. The van der Waals surface area contributed by atoms with Gasteiger partial charge in [-0.3, -0.25) is 10.1 Å². The Morgan fingerprint density at radius 2 is 2.06 bits per heavy atom. The van der Waals surface area contributed by atoms with Gasteiger partial charge in [0.25, 0.3) is 0 Å². The first-order chi connectivity index (χ1) is 8.49. The maximum absolute atomic E-state index is 13.1. The maximum Gasteiger partial charge on any atom is 0.320 e. The van der Waals surface area contributed by atoms with E-state index in [4.69, 9.17) is 5.11 Å². The molecule has 2 atom stereocenters. The van der Waals surface area contributed by atoms with Crippen LogP contribution in [0.5, 0.6) is 0 Å². The smallest absolute Gasteiger partial charge is 0.320 e. The van der Waals surface area contributed by atoms with Crippen molar-refractivity contribution < 1.29 is 18.7 Å². The van der Waals surface area contributed by atoms with Crippen LogP contribution in [0.15, 0.2) is 18.2 Å². The minimum atomic E-state index is -0.917. The lowest BCUT2D eigenvalue weighted by Crippen LogP contribution is -2.40. The van der Waals surface area contributed by atoms with E-state index < -0.39 is 23.6 Å². The van der Waals surface area contributed by atoms with Gasteiger partial charge in [0.2, 0.25) is 0 Å². The number of hydrogen-bond donors (Lipinski definition) is 2. The largest absolute Gasteiger partial charge is 0.480 e. The normalized spacial score (nSPS) is 18.4. The average molecular weight is 255 g/mol. The van der Waals surface area contributed by atoms with Crippen LogP contribution in [0.2, 0.25) is 0 Å². The lowest BCUT2D eigenvalue weighted by atomic mass is 10.1. The molecule has 1 aromatic carbocycles. The Hall–Kier alpha value is -1.49. The van der Waals surface area contributed by atoms with Gasteiger partial charge in [-0.05, 0) is 43.4 Å². The van der Waals surface area contributed by atoms with Gasteiger partial charge in [0, 0.05) is 6.04 Å². The number of carboxylic acid groups (broad SMARTS) is 1. The van der Waals surface area contributed by atoms with Crippen molar-refractivity contribution in [2.75, 3.05) is 0 Å². The molecule has 1 fully saturated rings. The molecule has 1 saturated carbocycles. The van der Waals surface area contributed by atoms with Gasteiger partial charge >= 0.3 is 5.97 Å². The van der Waals surface area contributed by atoms with E-state index in [0.29, 0.717) is 5.56 Å². The number of hydrogen-bond acceptors (Lipinski definition) is 2. The molecule has 2 unspecified atom stereocenters. The van der Waals surface area contributed by atoms with E-state index >= 15 is 0 Å².